The van der Waals surface area contributed by atoms with Crippen LogP contribution in [0, 0.1) is 0 Å². The average Bonchev–Trinajstić information content (AvgIpc) is 2.10. The lowest BCUT2D eigenvalue weighted by atomic mass is 10.2. The topological polar surface area (TPSA) is 87.0 Å². The maximum Gasteiger partial charge on any atom is 0.335 e. The lowest BCUT2D eigenvalue weighted by Crippen LogP contribution is -2.29. The summed E-state index contributed by atoms with van der Waals surface area (Å²) < 4.78 is 4.44. The highest BCUT2D eigenvalue weighted by atomic mass is 16.6. The molecule has 1 heterocycles. The number of hydrogen-bond acceptors (Lipinski definition) is 4. The van der Waals surface area contributed by atoms with Crippen molar-refractivity contribution in [1.29, 1.82) is 0 Å². The summed E-state index contributed by atoms with van der Waals surface area (Å²) >= 11 is 0. The van der Waals surface area contributed by atoms with E-state index in [-0.39, 0.29) is 6.42 Å². The van der Waals surface area contributed by atoms with E-state index in [4.69, 9.17) is 15.3 Å². The predicted molar refractivity (Wildman–Crippen MR) is 29.1 cm³/mol. The first kappa shape index (κ1) is 7.46. The van der Waals surface area contributed by atoms with Crippen molar-refractivity contribution in [1.82, 2.24) is 0 Å². The Morgan fingerprint density at radius 3 is 2.30 bits per heavy atom. The number of aliphatic carboxylic acids is 1. The minimum atomic E-state index is -1.27. The Bertz CT molecular complexity index is 145. The van der Waals surface area contributed by atoms with E-state index in [9.17, 15) is 4.79 Å². The third-order valence-corrected chi connectivity index (χ3v) is 1.34. The van der Waals surface area contributed by atoms with Gasteiger partial charge in [0.15, 0.2) is 12.4 Å². The summed E-state index contributed by atoms with van der Waals surface area (Å²) in [4.78, 5) is 10.2. The second-order valence-corrected chi connectivity index (χ2v) is 2.15. The van der Waals surface area contributed by atoms with E-state index in [1.54, 1.807) is 0 Å². The average molecular weight is 148 g/mol. The van der Waals surface area contributed by atoms with Crippen LogP contribution in [-0.4, -0.2) is 39.8 Å². The summed E-state index contributed by atoms with van der Waals surface area (Å²) in [7, 11) is 0. The van der Waals surface area contributed by atoms with Gasteiger partial charge in [-0.2, -0.15) is 0 Å². The van der Waals surface area contributed by atoms with E-state index in [2.05, 4.69) is 4.74 Å². The number of aliphatic hydroxyl groups is 2. The number of aliphatic hydroxyl groups excluding tert-OH is 2. The molecule has 0 aromatic rings. The monoisotopic (exact) mass is 148 g/mol. The van der Waals surface area contributed by atoms with Crippen LogP contribution in [0.3, 0.4) is 0 Å². The summed E-state index contributed by atoms with van der Waals surface area (Å²) in [6, 6.07) is 0. The molecule has 0 amide bonds. The minimum Gasteiger partial charge on any atom is -0.479 e. The van der Waals surface area contributed by atoms with E-state index in [0.29, 0.717) is 0 Å². The van der Waals surface area contributed by atoms with Crippen LogP contribution in [0.4, 0.5) is 0 Å². The van der Waals surface area contributed by atoms with Crippen LogP contribution in [0.15, 0.2) is 0 Å². The quantitative estimate of drug-likeness (QED) is 0.423. The van der Waals surface area contributed by atoms with Gasteiger partial charge in [-0.05, 0) is 0 Å². The van der Waals surface area contributed by atoms with Crippen molar-refractivity contribution in [2.24, 2.45) is 0 Å². The van der Waals surface area contributed by atoms with Crippen LogP contribution in [-0.2, 0) is 9.53 Å². The van der Waals surface area contributed by atoms with Crippen LogP contribution in [0.2, 0.25) is 0 Å². The molecule has 1 rings (SSSR count). The first-order chi connectivity index (χ1) is 4.61. The molecular formula is C5H8O5. The van der Waals surface area contributed by atoms with Gasteiger partial charge < -0.3 is 20.1 Å². The standard InChI is InChI=1S/C5H8O5/c6-2-1-3(7)10-4(2)5(8)9/h2-4,6-7H,1H2,(H,8,9)/t2-,3+,4-/m0/s1. The van der Waals surface area contributed by atoms with Gasteiger partial charge in [0, 0.05) is 6.42 Å². The van der Waals surface area contributed by atoms with Gasteiger partial charge in [0.2, 0.25) is 0 Å². The first-order valence-corrected chi connectivity index (χ1v) is 2.85. The molecule has 3 N–H and O–H groups in total. The van der Waals surface area contributed by atoms with E-state index >= 15 is 0 Å². The highest BCUT2D eigenvalue weighted by Crippen LogP contribution is 2.18. The number of carboxylic acid groups (broad SMARTS) is 1. The zero-order valence-corrected chi connectivity index (χ0v) is 5.10. The van der Waals surface area contributed by atoms with Crippen LogP contribution in [0.5, 0.6) is 0 Å². The Morgan fingerprint density at radius 1 is 1.50 bits per heavy atom. The third kappa shape index (κ3) is 1.26. The third-order valence-electron chi connectivity index (χ3n) is 1.34. The maximum atomic E-state index is 10.2. The molecule has 1 aliphatic rings. The molecule has 0 saturated carbocycles. The Kier molecular flexibility index (Phi) is 1.89. The predicted octanol–water partition coefficient (Wildman–Crippen LogP) is -1.46. The molecule has 10 heavy (non-hydrogen) atoms. The van der Waals surface area contributed by atoms with Crippen LogP contribution in [0.1, 0.15) is 6.42 Å². The molecule has 0 unspecified atom stereocenters. The maximum absolute atomic E-state index is 10.2. The normalized spacial score (nSPS) is 40.0. The second-order valence-electron chi connectivity index (χ2n) is 2.15. The van der Waals surface area contributed by atoms with Crippen molar-refractivity contribution in [3.63, 3.8) is 0 Å². The van der Waals surface area contributed by atoms with Crippen molar-refractivity contribution in [3.8, 4) is 0 Å². The van der Waals surface area contributed by atoms with Gasteiger partial charge in [-0.3, -0.25) is 0 Å². The molecule has 0 aromatic heterocycles. The van der Waals surface area contributed by atoms with E-state index in [0.717, 1.165) is 0 Å². The van der Waals surface area contributed by atoms with Gasteiger partial charge >= 0.3 is 5.97 Å². The van der Waals surface area contributed by atoms with Gasteiger partial charge in [0.05, 0.1) is 6.10 Å². The van der Waals surface area contributed by atoms with Gasteiger partial charge in [0.1, 0.15) is 0 Å². The summed E-state index contributed by atoms with van der Waals surface area (Å²) in [5.41, 5.74) is 0. The van der Waals surface area contributed by atoms with Crippen molar-refractivity contribution in [3.05, 3.63) is 0 Å². The summed E-state index contributed by atoms with van der Waals surface area (Å²) in [6.07, 6.45) is -3.53. The molecule has 5 heteroatoms. The summed E-state index contributed by atoms with van der Waals surface area (Å²) in [5, 5.41) is 25.8. The largest absolute Gasteiger partial charge is 0.479 e. The van der Waals surface area contributed by atoms with Crippen LogP contribution >= 0.6 is 0 Å². The van der Waals surface area contributed by atoms with E-state index < -0.39 is 24.5 Å². The fraction of sp³-hybridized carbons (Fsp3) is 0.800. The smallest absolute Gasteiger partial charge is 0.335 e. The second kappa shape index (κ2) is 2.53. The minimum absolute atomic E-state index is 0.0308. The van der Waals surface area contributed by atoms with Crippen LogP contribution in [0.25, 0.3) is 0 Å². The summed E-state index contributed by atoms with van der Waals surface area (Å²) in [5.74, 6) is -1.25. The number of carbonyl (C=O) groups is 1. The van der Waals surface area contributed by atoms with Gasteiger partial charge in [0.25, 0.3) is 0 Å². The SMILES string of the molecule is O=C(O)[C@H]1O[C@@H](O)C[C@@H]1O. The number of hydrogen-bond donors (Lipinski definition) is 3. The summed E-state index contributed by atoms with van der Waals surface area (Å²) in [6.45, 7) is 0. The number of carboxylic acids is 1. The molecule has 0 radical (unpaired) electrons. The molecule has 0 aromatic carbocycles. The van der Waals surface area contributed by atoms with Crippen molar-refractivity contribution in [2.75, 3.05) is 0 Å². The highest BCUT2D eigenvalue weighted by molar-refractivity contribution is 5.73. The number of ether oxygens (including phenoxy) is 1. The lowest BCUT2D eigenvalue weighted by Gasteiger charge is -2.06. The van der Waals surface area contributed by atoms with Gasteiger partial charge in [-0.15, -0.1) is 0 Å². The Hall–Kier alpha value is -0.650. The van der Waals surface area contributed by atoms with Crippen molar-refractivity contribution < 1.29 is 24.9 Å². The molecular weight excluding hydrogens is 140 g/mol. The van der Waals surface area contributed by atoms with E-state index in [1.165, 1.54) is 0 Å². The highest BCUT2D eigenvalue weighted by Gasteiger charge is 2.37. The van der Waals surface area contributed by atoms with Crippen molar-refractivity contribution >= 4 is 5.97 Å². The zero-order chi connectivity index (χ0) is 7.72. The van der Waals surface area contributed by atoms with Gasteiger partial charge in [-0.1, -0.05) is 0 Å². The number of rotatable bonds is 1. The lowest BCUT2D eigenvalue weighted by molar-refractivity contribution is -0.162. The Balaban J connectivity index is 2.54. The fourth-order valence-electron chi connectivity index (χ4n) is 0.868. The van der Waals surface area contributed by atoms with Crippen LogP contribution < -0.4 is 0 Å². The fourth-order valence-corrected chi connectivity index (χ4v) is 0.868. The molecule has 5 nitrogen and oxygen atoms in total. The molecule has 0 bridgehead atoms. The zero-order valence-electron chi connectivity index (χ0n) is 5.10. The first-order valence-electron chi connectivity index (χ1n) is 2.85. The molecule has 3 atom stereocenters. The van der Waals surface area contributed by atoms with E-state index in [1.807, 2.05) is 0 Å². The molecule has 0 spiro atoms. The van der Waals surface area contributed by atoms with Crippen molar-refractivity contribution in [2.45, 2.75) is 24.9 Å². The molecule has 1 saturated heterocycles. The van der Waals surface area contributed by atoms with Gasteiger partial charge in [-0.25, -0.2) is 4.79 Å². The Morgan fingerprint density at radius 2 is 2.10 bits per heavy atom. The Labute approximate surface area is 56.9 Å². The molecule has 58 valence electrons. The molecule has 1 aliphatic heterocycles. The molecule has 1 fully saturated rings. The molecule has 0 aliphatic carbocycles.